The van der Waals surface area contributed by atoms with Crippen LogP contribution in [0.2, 0.25) is 0 Å². The standard InChI is InChI=1S/C21H20BrNO6/c1-27-14-5-3-12(4-6-14)10-23-16-8-13(19(25)28-2)7-15(22)18(16)21(20(23)26)9-17(24)29-11-21/h3-8,17,24H,9-11H2,1-2H3. The first-order valence-electron chi connectivity index (χ1n) is 9.06. The molecule has 29 heavy (non-hydrogen) atoms. The summed E-state index contributed by atoms with van der Waals surface area (Å²) in [6.45, 7) is 0.389. The molecule has 152 valence electrons. The van der Waals surface area contributed by atoms with Gasteiger partial charge in [0, 0.05) is 16.5 Å². The van der Waals surface area contributed by atoms with E-state index in [0.29, 0.717) is 22.3 Å². The normalized spacial score (nSPS) is 22.8. The number of anilines is 1. The molecule has 1 amide bonds. The third-order valence-electron chi connectivity index (χ3n) is 5.46. The van der Waals surface area contributed by atoms with E-state index in [-0.39, 0.29) is 18.9 Å². The largest absolute Gasteiger partial charge is 0.497 e. The minimum absolute atomic E-state index is 0.0787. The number of nitrogens with zero attached hydrogens (tertiary/aromatic N) is 1. The molecule has 2 unspecified atom stereocenters. The highest BCUT2D eigenvalue weighted by Gasteiger charge is 2.56. The quantitative estimate of drug-likeness (QED) is 0.704. The van der Waals surface area contributed by atoms with Crippen LogP contribution in [0.4, 0.5) is 5.69 Å². The minimum atomic E-state index is -1.01. The van der Waals surface area contributed by atoms with Crippen molar-refractivity contribution in [1.82, 2.24) is 0 Å². The number of fused-ring (bicyclic) bond motifs is 2. The summed E-state index contributed by atoms with van der Waals surface area (Å²) in [6.07, 6.45) is -0.853. The van der Waals surface area contributed by atoms with Gasteiger partial charge in [0.05, 0.1) is 38.6 Å². The van der Waals surface area contributed by atoms with E-state index < -0.39 is 17.7 Å². The number of amides is 1. The Morgan fingerprint density at radius 2 is 2.03 bits per heavy atom. The number of esters is 1. The molecule has 2 atom stereocenters. The fourth-order valence-corrected chi connectivity index (χ4v) is 4.87. The summed E-state index contributed by atoms with van der Waals surface area (Å²) < 4.78 is 16.0. The van der Waals surface area contributed by atoms with E-state index in [4.69, 9.17) is 14.2 Å². The van der Waals surface area contributed by atoms with Gasteiger partial charge >= 0.3 is 5.97 Å². The van der Waals surface area contributed by atoms with Crippen molar-refractivity contribution in [2.75, 3.05) is 25.7 Å². The molecule has 1 fully saturated rings. The topological polar surface area (TPSA) is 85.3 Å². The Balaban J connectivity index is 1.81. The lowest BCUT2D eigenvalue weighted by molar-refractivity contribution is -0.123. The molecular formula is C21H20BrNO6. The van der Waals surface area contributed by atoms with Crippen molar-refractivity contribution in [2.45, 2.75) is 24.7 Å². The van der Waals surface area contributed by atoms with Crippen LogP contribution in [-0.2, 0) is 26.2 Å². The number of hydrogen-bond donors (Lipinski definition) is 1. The van der Waals surface area contributed by atoms with Crippen molar-refractivity contribution in [1.29, 1.82) is 0 Å². The first-order valence-corrected chi connectivity index (χ1v) is 9.86. The molecule has 0 bridgehead atoms. The maximum absolute atomic E-state index is 13.5. The summed E-state index contributed by atoms with van der Waals surface area (Å²) in [6, 6.07) is 10.7. The molecule has 8 heteroatoms. The average molecular weight is 462 g/mol. The van der Waals surface area contributed by atoms with Crippen LogP contribution in [0.1, 0.15) is 27.9 Å². The number of hydrogen-bond acceptors (Lipinski definition) is 6. The predicted octanol–water partition coefficient (Wildman–Crippen LogP) is 2.77. The molecule has 1 saturated heterocycles. The van der Waals surface area contributed by atoms with Gasteiger partial charge in [-0.3, -0.25) is 4.79 Å². The van der Waals surface area contributed by atoms with E-state index >= 15 is 0 Å². The number of rotatable bonds is 4. The number of aliphatic hydroxyl groups excluding tert-OH is 1. The van der Waals surface area contributed by atoms with Gasteiger partial charge in [0.15, 0.2) is 6.29 Å². The second-order valence-electron chi connectivity index (χ2n) is 7.14. The molecule has 1 N–H and O–H groups in total. The molecule has 2 aromatic carbocycles. The highest BCUT2D eigenvalue weighted by Crippen LogP contribution is 2.51. The van der Waals surface area contributed by atoms with Crippen LogP contribution in [0.25, 0.3) is 0 Å². The van der Waals surface area contributed by atoms with Crippen LogP contribution in [0.3, 0.4) is 0 Å². The molecule has 2 aliphatic heterocycles. The van der Waals surface area contributed by atoms with Crippen molar-refractivity contribution < 1.29 is 28.9 Å². The van der Waals surface area contributed by atoms with Crippen molar-refractivity contribution in [3.63, 3.8) is 0 Å². The SMILES string of the molecule is COC(=O)c1cc(Br)c2c(c1)N(Cc1ccc(OC)cc1)C(=O)C21COC(O)C1. The monoisotopic (exact) mass is 461 g/mol. The molecule has 2 aliphatic rings. The maximum Gasteiger partial charge on any atom is 0.337 e. The minimum Gasteiger partial charge on any atom is -0.497 e. The Morgan fingerprint density at radius 3 is 2.62 bits per heavy atom. The molecule has 0 saturated carbocycles. The summed E-state index contributed by atoms with van der Waals surface area (Å²) in [4.78, 5) is 27.3. The number of aliphatic hydroxyl groups is 1. The zero-order valence-corrected chi connectivity index (χ0v) is 17.6. The summed E-state index contributed by atoms with van der Waals surface area (Å²) in [5.74, 6) is 0.0676. The summed E-state index contributed by atoms with van der Waals surface area (Å²) in [5, 5.41) is 10.0. The lowest BCUT2D eigenvalue weighted by Gasteiger charge is -2.22. The third kappa shape index (κ3) is 3.21. The van der Waals surface area contributed by atoms with Crippen LogP contribution in [0.15, 0.2) is 40.9 Å². The summed E-state index contributed by atoms with van der Waals surface area (Å²) >= 11 is 3.52. The average Bonchev–Trinajstić information content (AvgIpc) is 3.22. The highest BCUT2D eigenvalue weighted by molar-refractivity contribution is 9.10. The summed E-state index contributed by atoms with van der Waals surface area (Å²) in [7, 11) is 2.91. The molecule has 0 aliphatic carbocycles. The Hall–Kier alpha value is -2.42. The van der Waals surface area contributed by atoms with Gasteiger partial charge in [0.1, 0.15) is 11.2 Å². The van der Waals surface area contributed by atoms with Crippen molar-refractivity contribution in [2.24, 2.45) is 0 Å². The Bertz CT molecular complexity index is 976. The van der Waals surface area contributed by atoms with Crippen LogP contribution >= 0.6 is 15.9 Å². The van der Waals surface area contributed by atoms with Gasteiger partial charge < -0.3 is 24.2 Å². The zero-order valence-electron chi connectivity index (χ0n) is 16.0. The second-order valence-corrected chi connectivity index (χ2v) is 7.99. The van der Waals surface area contributed by atoms with Gasteiger partial charge in [-0.1, -0.05) is 28.1 Å². The third-order valence-corrected chi connectivity index (χ3v) is 6.08. The molecule has 1 spiro atoms. The molecule has 0 radical (unpaired) electrons. The van der Waals surface area contributed by atoms with Crippen molar-refractivity contribution >= 4 is 33.5 Å². The van der Waals surface area contributed by atoms with Crippen LogP contribution < -0.4 is 9.64 Å². The van der Waals surface area contributed by atoms with Gasteiger partial charge in [0.25, 0.3) is 0 Å². The Kier molecular flexibility index (Phi) is 5.10. The lowest BCUT2D eigenvalue weighted by atomic mass is 9.80. The number of methoxy groups -OCH3 is 2. The van der Waals surface area contributed by atoms with E-state index in [1.54, 1.807) is 24.1 Å². The maximum atomic E-state index is 13.5. The van der Waals surface area contributed by atoms with Crippen LogP contribution in [0, 0.1) is 0 Å². The smallest absolute Gasteiger partial charge is 0.337 e. The molecule has 0 aromatic heterocycles. The van der Waals surface area contributed by atoms with Crippen molar-refractivity contribution in [3.8, 4) is 5.75 Å². The molecular weight excluding hydrogens is 442 g/mol. The molecule has 4 rings (SSSR count). The van der Waals surface area contributed by atoms with Crippen molar-refractivity contribution in [3.05, 3.63) is 57.6 Å². The van der Waals surface area contributed by atoms with E-state index in [0.717, 1.165) is 16.9 Å². The Morgan fingerprint density at radius 1 is 1.31 bits per heavy atom. The van der Waals surface area contributed by atoms with Crippen LogP contribution in [0.5, 0.6) is 5.75 Å². The number of carbonyl (C=O) groups excluding carboxylic acids is 2. The first kappa shape index (κ1) is 19.9. The molecule has 2 aromatic rings. The van der Waals surface area contributed by atoms with Gasteiger partial charge in [-0.05, 0) is 29.8 Å². The number of halogens is 1. The van der Waals surface area contributed by atoms with Gasteiger partial charge in [-0.25, -0.2) is 4.79 Å². The van der Waals surface area contributed by atoms with E-state index in [1.807, 2.05) is 24.3 Å². The van der Waals surface area contributed by atoms with Gasteiger partial charge in [-0.2, -0.15) is 0 Å². The second kappa shape index (κ2) is 7.44. The summed E-state index contributed by atoms with van der Waals surface area (Å²) in [5.41, 5.74) is 1.58. The van der Waals surface area contributed by atoms with Crippen LogP contribution in [-0.4, -0.2) is 44.1 Å². The van der Waals surface area contributed by atoms with E-state index in [9.17, 15) is 14.7 Å². The van der Waals surface area contributed by atoms with E-state index in [1.165, 1.54) is 7.11 Å². The number of benzene rings is 2. The number of ether oxygens (including phenoxy) is 3. The fourth-order valence-electron chi connectivity index (χ4n) is 4.04. The van der Waals surface area contributed by atoms with E-state index in [2.05, 4.69) is 15.9 Å². The Labute approximate surface area is 176 Å². The predicted molar refractivity (Wildman–Crippen MR) is 108 cm³/mol. The lowest BCUT2D eigenvalue weighted by Crippen LogP contribution is -2.40. The van der Waals surface area contributed by atoms with Gasteiger partial charge in [-0.15, -0.1) is 0 Å². The fraction of sp³-hybridized carbons (Fsp3) is 0.333. The highest BCUT2D eigenvalue weighted by atomic mass is 79.9. The first-order chi connectivity index (χ1) is 13.9. The molecule has 7 nitrogen and oxygen atoms in total. The van der Waals surface area contributed by atoms with Gasteiger partial charge in [0.2, 0.25) is 5.91 Å². The number of carbonyl (C=O) groups is 2. The zero-order chi connectivity index (χ0) is 20.8. The molecule has 2 heterocycles.